The number of Topliss-reactive ketones (excluding diaryl/α,β-unsaturated/α-hetero) is 1. The number of ketones is 1. The fraction of sp³-hybridized carbons (Fsp3) is 0.381. The second-order valence-electron chi connectivity index (χ2n) is 6.40. The molecule has 0 aliphatic carbocycles. The quantitative estimate of drug-likeness (QED) is 0.698. The SMILES string of the molecule is COc1ccccc1C(C)N(C)CC(O)COc1ccc(C(C)=O)cc1. The molecule has 140 valence electrons. The fourth-order valence-electron chi connectivity index (χ4n) is 2.77. The van der Waals surface area contributed by atoms with Gasteiger partial charge in [0.1, 0.15) is 24.2 Å². The highest BCUT2D eigenvalue weighted by Crippen LogP contribution is 2.28. The summed E-state index contributed by atoms with van der Waals surface area (Å²) < 4.78 is 11.0. The van der Waals surface area contributed by atoms with Crippen molar-refractivity contribution < 1.29 is 19.4 Å². The molecule has 2 atom stereocenters. The van der Waals surface area contributed by atoms with E-state index in [0.29, 0.717) is 17.9 Å². The van der Waals surface area contributed by atoms with Crippen LogP contribution in [0.3, 0.4) is 0 Å². The van der Waals surface area contributed by atoms with Crippen LogP contribution in [0, 0.1) is 0 Å². The summed E-state index contributed by atoms with van der Waals surface area (Å²) in [4.78, 5) is 13.3. The minimum absolute atomic E-state index is 0.0172. The van der Waals surface area contributed by atoms with Crippen molar-refractivity contribution in [3.63, 3.8) is 0 Å². The number of para-hydroxylation sites is 1. The van der Waals surface area contributed by atoms with Crippen LogP contribution in [0.25, 0.3) is 0 Å². The smallest absolute Gasteiger partial charge is 0.159 e. The van der Waals surface area contributed by atoms with Crippen molar-refractivity contribution in [1.82, 2.24) is 4.90 Å². The Balaban J connectivity index is 1.88. The van der Waals surface area contributed by atoms with Crippen molar-refractivity contribution in [3.05, 3.63) is 59.7 Å². The molecule has 5 heteroatoms. The van der Waals surface area contributed by atoms with Gasteiger partial charge in [-0.3, -0.25) is 9.69 Å². The second kappa shape index (κ2) is 9.36. The molecule has 5 nitrogen and oxygen atoms in total. The molecular weight excluding hydrogens is 330 g/mol. The van der Waals surface area contributed by atoms with Crippen molar-refractivity contribution in [2.24, 2.45) is 0 Å². The lowest BCUT2D eigenvalue weighted by molar-refractivity contribution is 0.0650. The zero-order chi connectivity index (χ0) is 19.1. The lowest BCUT2D eigenvalue weighted by Gasteiger charge is -2.28. The molecule has 0 bridgehead atoms. The largest absolute Gasteiger partial charge is 0.496 e. The van der Waals surface area contributed by atoms with Crippen LogP contribution < -0.4 is 9.47 Å². The summed E-state index contributed by atoms with van der Waals surface area (Å²) in [7, 11) is 3.62. The fourth-order valence-corrected chi connectivity index (χ4v) is 2.77. The molecule has 1 N–H and O–H groups in total. The van der Waals surface area contributed by atoms with Crippen molar-refractivity contribution >= 4 is 5.78 Å². The Labute approximate surface area is 155 Å². The maximum absolute atomic E-state index is 11.3. The van der Waals surface area contributed by atoms with Gasteiger partial charge in [0.15, 0.2) is 5.78 Å². The number of hydrogen-bond acceptors (Lipinski definition) is 5. The standard InChI is InChI=1S/C21H27NO4/c1-15(20-7-5-6-8-21(20)25-4)22(3)13-18(24)14-26-19-11-9-17(10-12-19)16(2)23/h5-12,15,18,24H,13-14H2,1-4H3. The van der Waals surface area contributed by atoms with Gasteiger partial charge >= 0.3 is 0 Å². The Morgan fingerprint density at radius 3 is 2.42 bits per heavy atom. The number of hydrogen-bond donors (Lipinski definition) is 1. The summed E-state index contributed by atoms with van der Waals surface area (Å²) in [5.74, 6) is 1.49. The minimum atomic E-state index is -0.635. The second-order valence-corrected chi connectivity index (χ2v) is 6.40. The van der Waals surface area contributed by atoms with E-state index >= 15 is 0 Å². The molecule has 0 saturated heterocycles. The Bertz CT molecular complexity index is 714. The summed E-state index contributed by atoms with van der Waals surface area (Å²) >= 11 is 0. The molecule has 0 aliphatic heterocycles. The van der Waals surface area contributed by atoms with Gasteiger partial charge in [0, 0.05) is 23.7 Å². The first-order chi connectivity index (χ1) is 12.4. The molecular formula is C21H27NO4. The molecule has 0 radical (unpaired) electrons. The number of aliphatic hydroxyl groups is 1. The third-order valence-electron chi connectivity index (χ3n) is 4.45. The third kappa shape index (κ3) is 5.31. The average Bonchev–Trinajstić information content (AvgIpc) is 2.65. The van der Waals surface area contributed by atoms with Crippen LogP contribution in [-0.2, 0) is 0 Å². The third-order valence-corrected chi connectivity index (χ3v) is 4.45. The van der Waals surface area contributed by atoms with E-state index < -0.39 is 6.10 Å². The van der Waals surface area contributed by atoms with Gasteiger partial charge in [-0.1, -0.05) is 18.2 Å². The molecule has 0 saturated carbocycles. The molecule has 0 spiro atoms. The van der Waals surface area contributed by atoms with E-state index in [-0.39, 0.29) is 18.4 Å². The number of nitrogens with zero attached hydrogens (tertiary/aromatic N) is 1. The van der Waals surface area contributed by atoms with Gasteiger partial charge in [0.2, 0.25) is 0 Å². The van der Waals surface area contributed by atoms with E-state index in [9.17, 15) is 9.90 Å². The van der Waals surface area contributed by atoms with Crippen LogP contribution >= 0.6 is 0 Å². The molecule has 2 rings (SSSR count). The zero-order valence-electron chi connectivity index (χ0n) is 15.8. The van der Waals surface area contributed by atoms with Crippen LogP contribution in [0.2, 0.25) is 0 Å². The minimum Gasteiger partial charge on any atom is -0.496 e. The molecule has 0 heterocycles. The highest BCUT2D eigenvalue weighted by atomic mass is 16.5. The van der Waals surface area contributed by atoms with Gasteiger partial charge in [0.05, 0.1) is 7.11 Å². The molecule has 0 aromatic heterocycles. The predicted molar refractivity (Wildman–Crippen MR) is 102 cm³/mol. The first kappa shape index (κ1) is 19.9. The van der Waals surface area contributed by atoms with Crippen LogP contribution in [0.5, 0.6) is 11.5 Å². The number of rotatable bonds is 9. The first-order valence-corrected chi connectivity index (χ1v) is 8.67. The number of likely N-dealkylation sites (N-methyl/N-ethyl adjacent to an activating group) is 1. The van der Waals surface area contributed by atoms with Crippen molar-refractivity contribution in [1.29, 1.82) is 0 Å². The van der Waals surface area contributed by atoms with Gasteiger partial charge in [-0.05, 0) is 51.2 Å². The predicted octanol–water partition coefficient (Wildman–Crippen LogP) is 3.33. The van der Waals surface area contributed by atoms with Gasteiger partial charge in [-0.25, -0.2) is 0 Å². The lowest BCUT2D eigenvalue weighted by atomic mass is 10.1. The van der Waals surface area contributed by atoms with Gasteiger partial charge in [-0.15, -0.1) is 0 Å². The molecule has 0 amide bonds. The van der Waals surface area contributed by atoms with Crippen LogP contribution in [-0.4, -0.2) is 49.2 Å². The highest BCUT2D eigenvalue weighted by molar-refractivity contribution is 5.94. The maximum atomic E-state index is 11.3. The van der Waals surface area contributed by atoms with Crippen molar-refractivity contribution in [3.8, 4) is 11.5 Å². The topological polar surface area (TPSA) is 59.0 Å². The Morgan fingerprint density at radius 1 is 1.15 bits per heavy atom. The van der Waals surface area contributed by atoms with Crippen molar-refractivity contribution in [2.75, 3.05) is 27.3 Å². The van der Waals surface area contributed by atoms with E-state index in [0.717, 1.165) is 11.3 Å². The van der Waals surface area contributed by atoms with Gasteiger partial charge in [0.25, 0.3) is 0 Å². The molecule has 0 aliphatic rings. The molecule has 26 heavy (non-hydrogen) atoms. The first-order valence-electron chi connectivity index (χ1n) is 8.67. The molecule has 2 aromatic rings. The van der Waals surface area contributed by atoms with Gasteiger partial charge < -0.3 is 14.6 Å². The highest BCUT2D eigenvalue weighted by Gasteiger charge is 2.18. The van der Waals surface area contributed by atoms with E-state index in [2.05, 4.69) is 11.8 Å². The summed E-state index contributed by atoms with van der Waals surface area (Å²) in [6.07, 6.45) is -0.635. The lowest BCUT2D eigenvalue weighted by Crippen LogP contribution is -2.34. The number of aliphatic hydroxyl groups excluding tert-OH is 1. The van der Waals surface area contributed by atoms with E-state index in [4.69, 9.17) is 9.47 Å². The van der Waals surface area contributed by atoms with Crippen LogP contribution in [0.4, 0.5) is 0 Å². The number of ether oxygens (including phenoxy) is 2. The number of carbonyl (C=O) groups is 1. The Kier molecular flexibility index (Phi) is 7.18. The van der Waals surface area contributed by atoms with Crippen LogP contribution in [0.15, 0.2) is 48.5 Å². The average molecular weight is 357 g/mol. The summed E-state index contributed by atoms with van der Waals surface area (Å²) in [5, 5.41) is 10.3. The normalized spacial score (nSPS) is 13.3. The van der Waals surface area contributed by atoms with Crippen molar-refractivity contribution in [2.45, 2.75) is 26.0 Å². The van der Waals surface area contributed by atoms with E-state index in [1.54, 1.807) is 31.4 Å². The van der Waals surface area contributed by atoms with Crippen LogP contribution in [0.1, 0.15) is 35.8 Å². The van der Waals surface area contributed by atoms with Gasteiger partial charge in [-0.2, -0.15) is 0 Å². The molecule has 2 aromatic carbocycles. The summed E-state index contributed by atoms with van der Waals surface area (Å²) in [6, 6.07) is 14.9. The number of methoxy groups -OCH3 is 1. The maximum Gasteiger partial charge on any atom is 0.159 e. The number of carbonyl (C=O) groups excluding carboxylic acids is 1. The van der Waals surface area contributed by atoms with E-state index in [1.807, 2.05) is 31.3 Å². The molecule has 0 fully saturated rings. The number of benzene rings is 2. The summed E-state index contributed by atoms with van der Waals surface area (Å²) in [5.41, 5.74) is 1.72. The summed E-state index contributed by atoms with van der Waals surface area (Å²) in [6.45, 7) is 4.25. The molecule has 2 unspecified atom stereocenters. The zero-order valence-corrected chi connectivity index (χ0v) is 15.8. The Hall–Kier alpha value is -2.37. The monoisotopic (exact) mass is 357 g/mol. The van der Waals surface area contributed by atoms with E-state index in [1.165, 1.54) is 6.92 Å². The Morgan fingerprint density at radius 2 is 1.81 bits per heavy atom.